The Bertz CT molecular complexity index is 1580. The SMILES string of the molecule is c1ccc(-c2ccc(Nc3ccc(-c4ccc5ccccc5c4)cc3)cc2-c2ccccc2)cc1. The van der Waals surface area contributed by atoms with Crippen LogP contribution in [0.3, 0.4) is 0 Å². The van der Waals surface area contributed by atoms with Crippen LogP contribution in [0.4, 0.5) is 11.4 Å². The molecule has 0 amide bonds. The van der Waals surface area contributed by atoms with Gasteiger partial charge in [0.1, 0.15) is 0 Å². The van der Waals surface area contributed by atoms with Crippen LogP contribution in [0.5, 0.6) is 0 Å². The van der Waals surface area contributed by atoms with Crippen molar-refractivity contribution in [3.05, 3.63) is 146 Å². The van der Waals surface area contributed by atoms with Crippen molar-refractivity contribution in [2.45, 2.75) is 0 Å². The van der Waals surface area contributed by atoms with Crippen LogP contribution in [-0.4, -0.2) is 0 Å². The van der Waals surface area contributed by atoms with Crippen molar-refractivity contribution >= 4 is 22.1 Å². The molecule has 0 atom stereocenters. The van der Waals surface area contributed by atoms with E-state index in [-0.39, 0.29) is 0 Å². The van der Waals surface area contributed by atoms with E-state index < -0.39 is 0 Å². The van der Waals surface area contributed by atoms with Gasteiger partial charge in [0.15, 0.2) is 0 Å². The quantitative estimate of drug-likeness (QED) is 0.277. The summed E-state index contributed by atoms with van der Waals surface area (Å²) in [6, 6.07) is 51.6. The summed E-state index contributed by atoms with van der Waals surface area (Å²) < 4.78 is 0. The van der Waals surface area contributed by atoms with E-state index in [1.165, 1.54) is 44.2 Å². The summed E-state index contributed by atoms with van der Waals surface area (Å²) in [7, 11) is 0. The molecule has 0 fully saturated rings. The van der Waals surface area contributed by atoms with Gasteiger partial charge in [0.05, 0.1) is 0 Å². The van der Waals surface area contributed by atoms with Crippen LogP contribution in [0.15, 0.2) is 146 Å². The highest BCUT2D eigenvalue weighted by atomic mass is 14.9. The summed E-state index contributed by atoms with van der Waals surface area (Å²) in [6.07, 6.45) is 0. The predicted octanol–water partition coefficient (Wildman–Crippen LogP) is 9.58. The van der Waals surface area contributed by atoms with E-state index in [1.54, 1.807) is 0 Å². The van der Waals surface area contributed by atoms with Gasteiger partial charge in [0, 0.05) is 11.4 Å². The van der Waals surface area contributed by atoms with Gasteiger partial charge in [-0.3, -0.25) is 0 Å². The lowest BCUT2D eigenvalue weighted by Gasteiger charge is -2.14. The molecule has 0 saturated carbocycles. The molecule has 0 aliphatic carbocycles. The highest BCUT2D eigenvalue weighted by Crippen LogP contribution is 2.35. The lowest BCUT2D eigenvalue weighted by Crippen LogP contribution is -1.93. The van der Waals surface area contributed by atoms with Gasteiger partial charge in [-0.2, -0.15) is 0 Å². The largest absolute Gasteiger partial charge is 0.356 e. The van der Waals surface area contributed by atoms with E-state index in [0.717, 1.165) is 11.4 Å². The van der Waals surface area contributed by atoms with Crippen molar-refractivity contribution in [2.75, 3.05) is 5.32 Å². The molecule has 166 valence electrons. The second-order valence-electron chi connectivity index (χ2n) is 8.76. The van der Waals surface area contributed by atoms with Crippen LogP contribution in [0, 0.1) is 0 Å². The Kier molecular flexibility index (Phi) is 5.58. The second kappa shape index (κ2) is 9.32. The first-order valence-electron chi connectivity index (χ1n) is 11.9. The minimum atomic E-state index is 1.07. The topological polar surface area (TPSA) is 12.0 Å². The number of nitrogens with one attached hydrogen (secondary N) is 1. The molecule has 6 aromatic rings. The molecule has 1 nitrogen and oxygen atoms in total. The summed E-state index contributed by atoms with van der Waals surface area (Å²) in [4.78, 5) is 0. The van der Waals surface area contributed by atoms with Gasteiger partial charge < -0.3 is 5.32 Å². The minimum Gasteiger partial charge on any atom is -0.356 e. The van der Waals surface area contributed by atoms with Crippen molar-refractivity contribution in [3.63, 3.8) is 0 Å². The molecule has 0 heterocycles. The van der Waals surface area contributed by atoms with Crippen molar-refractivity contribution < 1.29 is 0 Å². The first kappa shape index (κ1) is 20.9. The smallest absolute Gasteiger partial charge is 0.0390 e. The zero-order chi connectivity index (χ0) is 23.5. The van der Waals surface area contributed by atoms with Crippen LogP contribution in [-0.2, 0) is 0 Å². The van der Waals surface area contributed by atoms with Gasteiger partial charge in [-0.1, -0.05) is 115 Å². The lowest BCUT2D eigenvalue weighted by molar-refractivity contribution is 1.52. The molecule has 6 rings (SSSR count). The van der Waals surface area contributed by atoms with Gasteiger partial charge >= 0.3 is 0 Å². The summed E-state index contributed by atoms with van der Waals surface area (Å²) in [5.41, 5.74) is 9.46. The Balaban J connectivity index is 1.30. The Labute approximate surface area is 206 Å². The minimum absolute atomic E-state index is 1.07. The first-order chi connectivity index (χ1) is 17.3. The van der Waals surface area contributed by atoms with E-state index in [1.807, 2.05) is 0 Å². The molecule has 35 heavy (non-hydrogen) atoms. The van der Waals surface area contributed by atoms with Crippen molar-refractivity contribution in [3.8, 4) is 33.4 Å². The molecule has 0 spiro atoms. The third-order valence-corrected chi connectivity index (χ3v) is 6.45. The number of hydrogen-bond donors (Lipinski definition) is 1. The molecule has 1 N–H and O–H groups in total. The molecule has 0 aliphatic rings. The van der Waals surface area contributed by atoms with Gasteiger partial charge in [0.2, 0.25) is 0 Å². The van der Waals surface area contributed by atoms with Gasteiger partial charge in [-0.05, 0) is 74.5 Å². The van der Waals surface area contributed by atoms with Crippen LogP contribution in [0.1, 0.15) is 0 Å². The van der Waals surface area contributed by atoms with Gasteiger partial charge in [-0.25, -0.2) is 0 Å². The Hall–Kier alpha value is -4.62. The van der Waals surface area contributed by atoms with Crippen LogP contribution >= 0.6 is 0 Å². The lowest BCUT2D eigenvalue weighted by atomic mass is 9.94. The zero-order valence-corrected chi connectivity index (χ0v) is 19.4. The standard InChI is InChI=1S/C34H25N/c1-3-10-27(11-4-1)33-22-21-32(24-34(33)28-12-5-2-6-13-28)35-31-19-17-26(18-20-31)30-16-15-25-9-7-8-14-29(25)23-30/h1-24,35H. The maximum atomic E-state index is 3.60. The van der Waals surface area contributed by atoms with E-state index in [0.29, 0.717) is 0 Å². The molecule has 0 aromatic heterocycles. The van der Waals surface area contributed by atoms with Gasteiger partial charge in [0.25, 0.3) is 0 Å². The van der Waals surface area contributed by atoms with Crippen LogP contribution < -0.4 is 5.32 Å². The highest BCUT2D eigenvalue weighted by Gasteiger charge is 2.09. The first-order valence-corrected chi connectivity index (χ1v) is 11.9. The third-order valence-electron chi connectivity index (χ3n) is 6.45. The summed E-state index contributed by atoms with van der Waals surface area (Å²) in [5, 5.41) is 6.13. The monoisotopic (exact) mass is 447 g/mol. The number of anilines is 2. The maximum Gasteiger partial charge on any atom is 0.0390 e. The molecular formula is C34H25N. The third kappa shape index (κ3) is 4.45. The Morgan fingerprint density at radius 2 is 0.886 bits per heavy atom. The molecule has 0 radical (unpaired) electrons. The fourth-order valence-electron chi connectivity index (χ4n) is 4.63. The van der Waals surface area contributed by atoms with Crippen molar-refractivity contribution in [1.82, 2.24) is 0 Å². The predicted molar refractivity (Wildman–Crippen MR) is 150 cm³/mol. The molecule has 6 aromatic carbocycles. The molecule has 0 unspecified atom stereocenters. The summed E-state index contributed by atoms with van der Waals surface area (Å²) in [5.74, 6) is 0. The average Bonchev–Trinajstić information content (AvgIpc) is 2.94. The van der Waals surface area contributed by atoms with Gasteiger partial charge in [-0.15, -0.1) is 0 Å². The van der Waals surface area contributed by atoms with Crippen LogP contribution in [0.25, 0.3) is 44.2 Å². The Morgan fingerprint density at radius 1 is 0.314 bits per heavy atom. The highest BCUT2D eigenvalue weighted by molar-refractivity contribution is 5.88. The zero-order valence-electron chi connectivity index (χ0n) is 19.4. The summed E-state index contributed by atoms with van der Waals surface area (Å²) in [6.45, 7) is 0. The number of benzene rings is 6. The number of fused-ring (bicyclic) bond motifs is 1. The van der Waals surface area contributed by atoms with E-state index >= 15 is 0 Å². The summed E-state index contributed by atoms with van der Waals surface area (Å²) >= 11 is 0. The van der Waals surface area contributed by atoms with Crippen molar-refractivity contribution in [1.29, 1.82) is 0 Å². The van der Waals surface area contributed by atoms with E-state index in [2.05, 4.69) is 151 Å². The Morgan fingerprint density at radius 3 is 1.60 bits per heavy atom. The molecule has 0 aliphatic heterocycles. The second-order valence-corrected chi connectivity index (χ2v) is 8.76. The fraction of sp³-hybridized carbons (Fsp3) is 0. The molecule has 0 bridgehead atoms. The molecule has 0 saturated heterocycles. The van der Waals surface area contributed by atoms with E-state index in [9.17, 15) is 0 Å². The average molecular weight is 448 g/mol. The number of rotatable bonds is 5. The molecule has 1 heteroatoms. The van der Waals surface area contributed by atoms with Crippen LogP contribution in [0.2, 0.25) is 0 Å². The number of hydrogen-bond acceptors (Lipinski definition) is 1. The normalized spacial score (nSPS) is 10.9. The maximum absolute atomic E-state index is 3.60. The molecular weight excluding hydrogens is 422 g/mol. The fourth-order valence-corrected chi connectivity index (χ4v) is 4.63. The van der Waals surface area contributed by atoms with E-state index in [4.69, 9.17) is 0 Å². The van der Waals surface area contributed by atoms with Crippen molar-refractivity contribution in [2.24, 2.45) is 0 Å².